The fourth-order valence-corrected chi connectivity index (χ4v) is 1.36. The summed E-state index contributed by atoms with van der Waals surface area (Å²) in [7, 11) is 0. The summed E-state index contributed by atoms with van der Waals surface area (Å²) in [5.41, 5.74) is 4.05. The lowest BCUT2D eigenvalue weighted by Crippen LogP contribution is -2.18. The summed E-state index contributed by atoms with van der Waals surface area (Å²) < 4.78 is 0. The van der Waals surface area contributed by atoms with Crippen LogP contribution < -0.4 is 0 Å². The van der Waals surface area contributed by atoms with Crippen LogP contribution in [0.5, 0.6) is 0 Å². The third kappa shape index (κ3) is 0.737. The van der Waals surface area contributed by atoms with Crippen LogP contribution >= 0.6 is 12.2 Å². The molecule has 1 N–H and O–H groups in total. The first-order chi connectivity index (χ1) is 4.72. The molecule has 0 aromatic rings. The van der Waals surface area contributed by atoms with Crippen molar-refractivity contribution in [1.82, 2.24) is 0 Å². The van der Waals surface area contributed by atoms with E-state index in [1.165, 1.54) is 0 Å². The Labute approximate surface area is 65.4 Å². The molecule has 0 aromatic heterocycles. The average molecular weight is 152 g/mol. The second-order valence-corrected chi connectivity index (χ2v) is 2.47. The minimum Gasteiger partial charge on any atom is -0.506 e. The van der Waals surface area contributed by atoms with Gasteiger partial charge in [-0.1, -0.05) is 25.7 Å². The minimum absolute atomic E-state index is 0.280. The number of hydrogen-bond donors (Lipinski definition) is 1. The number of thiocarbonyl (C=S) groups is 1. The number of rotatable bonds is 1. The maximum Gasteiger partial charge on any atom is 0.136 e. The van der Waals surface area contributed by atoms with E-state index in [4.69, 9.17) is 12.2 Å². The third-order valence-electron chi connectivity index (χ3n) is 1.55. The Balaban J connectivity index is 3.10. The van der Waals surface area contributed by atoms with E-state index in [2.05, 4.69) is 12.3 Å². The Morgan fingerprint density at radius 2 is 2.30 bits per heavy atom. The first-order valence-electron chi connectivity index (χ1n) is 3.09. The van der Waals surface area contributed by atoms with E-state index in [0.717, 1.165) is 16.9 Å². The zero-order valence-corrected chi connectivity index (χ0v) is 6.59. The van der Waals surface area contributed by atoms with Crippen molar-refractivity contribution in [3.63, 3.8) is 0 Å². The summed E-state index contributed by atoms with van der Waals surface area (Å²) >= 11 is 4.94. The van der Waals surface area contributed by atoms with Crippen molar-refractivity contribution < 1.29 is 5.11 Å². The van der Waals surface area contributed by atoms with E-state index >= 15 is 0 Å². The molecule has 0 fully saturated rings. The van der Waals surface area contributed by atoms with Gasteiger partial charge in [0.1, 0.15) is 5.76 Å². The molecule has 0 saturated heterocycles. The smallest absolute Gasteiger partial charge is 0.136 e. The molecule has 0 amide bonds. The molecule has 1 aliphatic rings. The fraction of sp³-hybridized carbons (Fsp3) is 0.250. The highest BCUT2D eigenvalue weighted by Crippen LogP contribution is 2.30. The van der Waals surface area contributed by atoms with Crippen molar-refractivity contribution >= 4 is 17.1 Å². The molecule has 1 aliphatic carbocycles. The number of aliphatic hydroxyl groups excluding tert-OH is 1. The summed E-state index contributed by atoms with van der Waals surface area (Å²) in [6, 6.07) is 0. The molecule has 1 nitrogen and oxygen atoms in total. The van der Waals surface area contributed by atoms with Gasteiger partial charge in [0.05, 0.1) is 10.4 Å². The van der Waals surface area contributed by atoms with Gasteiger partial charge in [-0.3, -0.25) is 0 Å². The lowest BCUT2D eigenvalue weighted by Gasteiger charge is -2.20. The van der Waals surface area contributed by atoms with Crippen molar-refractivity contribution in [2.45, 2.75) is 13.3 Å². The molecule has 0 radical (unpaired) electrons. The van der Waals surface area contributed by atoms with E-state index < -0.39 is 0 Å². The molecule has 0 aliphatic heterocycles. The van der Waals surface area contributed by atoms with Crippen LogP contribution in [0.4, 0.5) is 0 Å². The summed E-state index contributed by atoms with van der Waals surface area (Å²) in [6.07, 6.45) is 0.788. The zero-order valence-electron chi connectivity index (χ0n) is 5.77. The first-order valence-corrected chi connectivity index (χ1v) is 3.50. The normalized spacial score (nSPS) is 16.9. The molecule has 0 atom stereocenters. The topological polar surface area (TPSA) is 20.2 Å². The molecule has 0 heterocycles. The Morgan fingerprint density at radius 1 is 1.70 bits per heavy atom. The first kappa shape index (κ1) is 7.26. The van der Waals surface area contributed by atoms with Crippen LogP contribution in [0.15, 0.2) is 29.2 Å². The Kier molecular flexibility index (Phi) is 1.75. The summed E-state index contributed by atoms with van der Waals surface area (Å²) in [5.74, 6) is 0.280. The SMILES string of the molecule is C=C=C1C(=S)C(CC)=C1O. The predicted molar refractivity (Wildman–Crippen MR) is 45.2 cm³/mol. The van der Waals surface area contributed by atoms with Gasteiger partial charge in [0.25, 0.3) is 0 Å². The average Bonchev–Trinajstić information content (AvgIpc) is 1.90. The summed E-state index contributed by atoms with van der Waals surface area (Å²) in [6.45, 7) is 5.36. The largest absolute Gasteiger partial charge is 0.506 e. The van der Waals surface area contributed by atoms with Crippen molar-refractivity contribution in [2.24, 2.45) is 0 Å². The molecular formula is C8H8OS. The van der Waals surface area contributed by atoms with Gasteiger partial charge in [-0.15, -0.1) is 5.73 Å². The second kappa shape index (κ2) is 2.41. The van der Waals surface area contributed by atoms with Gasteiger partial charge in [0.2, 0.25) is 0 Å². The Morgan fingerprint density at radius 3 is 2.60 bits per heavy atom. The third-order valence-corrected chi connectivity index (χ3v) is 2.00. The lowest BCUT2D eigenvalue weighted by atomic mass is 9.89. The molecule has 0 bridgehead atoms. The van der Waals surface area contributed by atoms with Crippen LogP contribution in [0, 0.1) is 0 Å². The fourth-order valence-electron chi connectivity index (χ4n) is 0.946. The maximum atomic E-state index is 9.19. The van der Waals surface area contributed by atoms with Crippen LogP contribution in [0.3, 0.4) is 0 Å². The van der Waals surface area contributed by atoms with Crippen LogP contribution in [0.25, 0.3) is 0 Å². The highest BCUT2D eigenvalue weighted by atomic mass is 32.1. The number of aliphatic hydroxyl groups is 1. The molecular weight excluding hydrogens is 144 g/mol. The molecule has 10 heavy (non-hydrogen) atoms. The molecule has 0 unspecified atom stereocenters. The van der Waals surface area contributed by atoms with E-state index in [1.807, 2.05) is 6.92 Å². The van der Waals surface area contributed by atoms with Gasteiger partial charge in [0, 0.05) is 5.57 Å². The van der Waals surface area contributed by atoms with Gasteiger partial charge < -0.3 is 5.11 Å². The lowest BCUT2D eigenvalue weighted by molar-refractivity contribution is 0.416. The van der Waals surface area contributed by atoms with Gasteiger partial charge in [-0.05, 0) is 6.42 Å². The molecule has 0 aromatic carbocycles. The summed E-state index contributed by atoms with van der Waals surface area (Å²) in [4.78, 5) is 0.718. The van der Waals surface area contributed by atoms with Gasteiger partial charge in [0.15, 0.2) is 0 Å². The van der Waals surface area contributed by atoms with Gasteiger partial charge in [-0.2, -0.15) is 0 Å². The van der Waals surface area contributed by atoms with Crippen molar-refractivity contribution in [1.29, 1.82) is 0 Å². The standard InChI is InChI=1S/C8H8OS/c1-3-5-7(9)6(4-2)8(5)10/h9H,1,4H2,2H3. The van der Waals surface area contributed by atoms with E-state index in [1.54, 1.807) is 0 Å². The van der Waals surface area contributed by atoms with Gasteiger partial charge >= 0.3 is 0 Å². The predicted octanol–water partition coefficient (Wildman–Crippen LogP) is 2.30. The monoisotopic (exact) mass is 152 g/mol. The second-order valence-electron chi connectivity index (χ2n) is 2.06. The highest BCUT2D eigenvalue weighted by molar-refractivity contribution is 7.81. The van der Waals surface area contributed by atoms with Crippen LogP contribution in [0.1, 0.15) is 13.3 Å². The van der Waals surface area contributed by atoms with E-state index in [-0.39, 0.29) is 5.76 Å². The quantitative estimate of drug-likeness (QED) is 0.353. The number of allylic oxidation sites excluding steroid dienone is 2. The Bertz CT molecular complexity index is 267. The van der Waals surface area contributed by atoms with Gasteiger partial charge in [-0.25, -0.2) is 0 Å². The zero-order chi connectivity index (χ0) is 7.72. The molecule has 2 heteroatoms. The Hall–Kier alpha value is -0.850. The van der Waals surface area contributed by atoms with Crippen LogP contribution in [0.2, 0.25) is 0 Å². The van der Waals surface area contributed by atoms with E-state index in [9.17, 15) is 5.11 Å². The molecule has 0 spiro atoms. The molecule has 1 rings (SSSR count). The summed E-state index contributed by atoms with van der Waals surface area (Å²) in [5, 5.41) is 9.19. The van der Waals surface area contributed by atoms with Crippen molar-refractivity contribution in [2.75, 3.05) is 0 Å². The highest BCUT2D eigenvalue weighted by Gasteiger charge is 2.27. The molecule has 0 saturated carbocycles. The van der Waals surface area contributed by atoms with Crippen LogP contribution in [-0.4, -0.2) is 9.97 Å². The van der Waals surface area contributed by atoms with Crippen LogP contribution in [-0.2, 0) is 0 Å². The molecule has 52 valence electrons. The maximum absolute atomic E-state index is 9.19. The van der Waals surface area contributed by atoms with Crippen molar-refractivity contribution in [3.8, 4) is 0 Å². The number of hydrogen-bond acceptors (Lipinski definition) is 2. The van der Waals surface area contributed by atoms with Crippen molar-refractivity contribution in [3.05, 3.63) is 29.2 Å². The van der Waals surface area contributed by atoms with E-state index in [0.29, 0.717) is 5.57 Å². The minimum atomic E-state index is 0.280.